The summed E-state index contributed by atoms with van der Waals surface area (Å²) in [4.78, 5) is 43.1. The Morgan fingerprint density at radius 3 is 2.64 bits per heavy atom. The Balaban J connectivity index is 1.52. The van der Waals surface area contributed by atoms with Crippen LogP contribution in [0.4, 0.5) is 10.1 Å². The standard InChI is InChI=1S/C23H17FN4O5/c24-15-4-6-16(7-5-15)26-20(29)12-27-17-2-1-9-25-21(17)22(30)28(23(27)31)11-14-3-8-18-19(10-14)33-13-32-18/h1-10H,11-13H2,(H,26,29). The van der Waals surface area contributed by atoms with Gasteiger partial charge in [-0.2, -0.15) is 0 Å². The van der Waals surface area contributed by atoms with Gasteiger partial charge in [0.1, 0.15) is 12.4 Å². The Kier molecular flexibility index (Phi) is 5.09. The van der Waals surface area contributed by atoms with Gasteiger partial charge >= 0.3 is 5.69 Å². The van der Waals surface area contributed by atoms with E-state index in [0.717, 1.165) is 4.57 Å². The molecule has 0 bridgehead atoms. The van der Waals surface area contributed by atoms with Gasteiger partial charge in [0.25, 0.3) is 5.56 Å². The molecule has 166 valence electrons. The second-order valence-electron chi connectivity index (χ2n) is 7.37. The Labute approximate surface area is 185 Å². The van der Waals surface area contributed by atoms with E-state index < -0.39 is 23.0 Å². The molecule has 0 aliphatic carbocycles. The van der Waals surface area contributed by atoms with Gasteiger partial charge in [-0.25, -0.2) is 14.2 Å². The van der Waals surface area contributed by atoms with E-state index in [0.29, 0.717) is 22.7 Å². The molecule has 1 aliphatic rings. The first-order valence-corrected chi connectivity index (χ1v) is 10.0. The number of ether oxygens (including phenoxy) is 2. The first-order chi connectivity index (χ1) is 16.0. The van der Waals surface area contributed by atoms with Crippen LogP contribution in [0.15, 0.2) is 70.4 Å². The second kappa shape index (κ2) is 8.23. The molecule has 0 fully saturated rings. The normalized spacial score (nSPS) is 12.2. The summed E-state index contributed by atoms with van der Waals surface area (Å²) in [6.45, 7) is -0.297. The highest BCUT2D eigenvalue weighted by molar-refractivity contribution is 5.91. The number of amides is 1. The van der Waals surface area contributed by atoms with Crippen molar-refractivity contribution in [1.29, 1.82) is 0 Å². The number of hydrogen-bond acceptors (Lipinski definition) is 6. The number of nitrogens with one attached hydrogen (secondary N) is 1. The van der Waals surface area contributed by atoms with Gasteiger partial charge in [0, 0.05) is 11.9 Å². The van der Waals surface area contributed by atoms with Crippen molar-refractivity contribution in [2.75, 3.05) is 12.1 Å². The summed E-state index contributed by atoms with van der Waals surface area (Å²) >= 11 is 0. The fraction of sp³-hybridized carbons (Fsp3) is 0.130. The number of rotatable bonds is 5. The molecule has 0 spiro atoms. The third-order valence-electron chi connectivity index (χ3n) is 5.19. The molecule has 0 saturated carbocycles. The zero-order chi connectivity index (χ0) is 22.9. The maximum atomic E-state index is 13.3. The molecule has 3 heterocycles. The van der Waals surface area contributed by atoms with E-state index in [1.807, 2.05) is 0 Å². The molecular weight excluding hydrogens is 431 g/mol. The molecule has 0 saturated heterocycles. The number of pyridine rings is 1. The second-order valence-corrected chi connectivity index (χ2v) is 7.37. The molecule has 0 radical (unpaired) electrons. The van der Waals surface area contributed by atoms with E-state index in [4.69, 9.17) is 9.47 Å². The van der Waals surface area contributed by atoms with Gasteiger partial charge in [-0.3, -0.25) is 18.7 Å². The molecule has 5 rings (SSSR count). The van der Waals surface area contributed by atoms with E-state index >= 15 is 0 Å². The van der Waals surface area contributed by atoms with Crippen molar-refractivity contribution in [2.24, 2.45) is 0 Å². The minimum Gasteiger partial charge on any atom is -0.454 e. The van der Waals surface area contributed by atoms with Crippen LogP contribution in [-0.2, 0) is 17.9 Å². The predicted molar refractivity (Wildman–Crippen MR) is 117 cm³/mol. The van der Waals surface area contributed by atoms with Crippen LogP contribution in [0.1, 0.15) is 5.56 Å². The quantitative estimate of drug-likeness (QED) is 0.502. The van der Waals surface area contributed by atoms with Crippen LogP contribution in [0, 0.1) is 5.82 Å². The van der Waals surface area contributed by atoms with E-state index in [-0.39, 0.29) is 30.9 Å². The lowest BCUT2D eigenvalue weighted by molar-refractivity contribution is -0.116. The van der Waals surface area contributed by atoms with Crippen LogP contribution in [-0.4, -0.2) is 26.8 Å². The summed E-state index contributed by atoms with van der Waals surface area (Å²) in [6, 6.07) is 13.5. The van der Waals surface area contributed by atoms with Crippen molar-refractivity contribution >= 4 is 22.6 Å². The zero-order valence-corrected chi connectivity index (χ0v) is 17.2. The van der Waals surface area contributed by atoms with Gasteiger partial charge < -0.3 is 14.8 Å². The third-order valence-corrected chi connectivity index (χ3v) is 5.19. The number of anilines is 1. The SMILES string of the molecule is O=C(Cn1c(=O)n(Cc2ccc3c(c2)OCO3)c(=O)c2ncccc21)Nc1ccc(F)cc1. The molecule has 9 nitrogen and oxygen atoms in total. The molecule has 10 heteroatoms. The number of fused-ring (bicyclic) bond motifs is 2. The molecule has 2 aromatic carbocycles. The lowest BCUT2D eigenvalue weighted by atomic mass is 10.2. The van der Waals surface area contributed by atoms with Gasteiger partial charge in [0.15, 0.2) is 17.0 Å². The molecule has 0 unspecified atom stereocenters. The minimum atomic E-state index is -0.660. The highest BCUT2D eigenvalue weighted by Crippen LogP contribution is 2.32. The summed E-state index contributed by atoms with van der Waals surface area (Å²) in [7, 11) is 0. The number of nitrogens with zero attached hydrogens (tertiary/aromatic N) is 3. The molecule has 1 N–H and O–H groups in total. The van der Waals surface area contributed by atoms with Crippen molar-refractivity contribution in [1.82, 2.24) is 14.1 Å². The molecule has 1 amide bonds. The maximum Gasteiger partial charge on any atom is 0.332 e. The topological polar surface area (TPSA) is 104 Å². The largest absolute Gasteiger partial charge is 0.454 e. The number of carbonyl (C=O) groups is 1. The summed E-state index contributed by atoms with van der Waals surface area (Å²) in [6.07, 6.45) is 1.45. The summed E-state index contributed by atoms with van der Waals surface area (Å²) < 4.78 is 26.0. The first kappa shape index (κ1) is 20.4. The molecule has 1 aliphatic heterocycles. The van der Waals surface area contributed by atoms with Gasteiger partial charge in [-0.05, 0) is 54.1 Å². The average molecular weight is 448 g/mol. The molecule has 0 atom stereocenters. The Morgan fingerprint density at radius 2 is 1.82 bits per heavy atom. The lowest BCUT2D eigenvalue weighted by Gasteiger charge is -2.14. The minimum absolute atomic E-state index is 0.0413. The first-order valence-electron chi connectivity index (χ1n) is 10.0. The van der Waals surface area contributed by atoms with E-state index in [1.54, 1.807) is 30.3 Å². The van der Waals surface area contributed by atoms with Crippen molar-refractivity contribution in [3.63, 3.8) is 0 Å². The number of halogens is 1. The van der Waals surface area contributed by atoms with Crippen LogP contribution < -0.4 is 26.0 Å². The molecular formula is C23H17FN4O5. The van der Waals surface area contributed by atoms with Crippen molar-refractivity contribution in [3.8, 4) is 11.5 Å². The van der Waals surface area contributed by atoms with E-state index in [2.05, 4.69) is 10.3 Å². The van der Waals surface area contributed by atoms with Crippen molar-refractivity contribution in [2.45, 2.75) is 13.1 Å². The highest BCUT2D eigenvalue weighted by atomic mass is 19.1. The maximum absolute atomic E-state index is 13.3. The van der Waals surface area contributed by atoms with Crippen LogP contribution >= 0.6 is 0 Å². The summed E-state index contributed by atoms with van der Waals surface area (Å²) in [5.74, 6) is 0.165. The van der Waals surface area contributed by atoms with Gasteiger partial charge in [-0.1, -0.05) is 6.07 Å². The van der Waals surface area contributed by atoms with Crippen molar-refractivity contribution < 1.29 is 18.7 Å². The molecule has 4 aromatic rings. The third kappa shape index (κ3) is 3.93. The van der Waals surface area contributed by atoms with Gasteiger partial charge in [0.05, 0.1) is 12.1 Å². The van der Waals surface area contributed by atoms with Gasteiger partial charge in [0.2, 0.25) is 12.7 Å². The van der Waals surface area contributed by atoms with Gasteiger partial charge in [-0.15, -0.1) is 0 Å². The Hall–Kier alpha value is -4.47. The smallest absolute Gasteiger partial charge is 0.332 e. The van der Waals surface area contributed by atoms with Crippen molar-refractivity contribution in [3.05, 3.63) is 93.0 Å². The fourth-order valence-corrected chi connectivity index (χ4v) is 3.63. The zero-order valence-electron chi connectivity index (χ0n) is 17.2. The molecule has 33 heavy (non-hydrogen) atoms. The Bertz CT molecular complexity index is 1490. The number of benzene rings is 2. The van der Waals surface area contributed by atoms with Crippen LogP contribution in [0.3, 0.4) is 0 Å². The number of aromatic nitrogens is 3. The lowest BCUT2D eigenvalue weighted by Crippen LogP contribution is -2.42. The monoisotopic (exact) mass is 448 g/mol. The average Bonchev–Trinajstić information content (AvgIpc) is 3.29. The van der Waals surface area contributed by atoms with E-state index in [1.165, 1.54) is 35.0 Å². The van der Waals surface area contributed by atoms with Crippen LogP contribution in [0.2, 0.25) is 0 Å². The summed E-state index contributed by atoms with van der Waals surface area (Å²) in [5, 5.41) is 2.62. The Morgan fingerprint density at radius 1 is 1.03 bits per heavy atom. The molecule has 2 aromatic heterocycles. The number of hydrogen-bond donors (Lipinski definition) is 1. The van der Waals surface area contributed by atoms with Crippen LogP contribution in [0.25, 0.3) is 11.0 Å². The van der Waals surface area contributed by atoms with E-state index in [9.17, 15) is 18.8 Å². The fourth-order valence-electron chi connectivity index (χ4n) is 3.63. The number of carbonyl (C=O) groups excluding carboxylic acids is 1. The van der Waals surface area contributed by atoms with Crippen LogP contribution in [0.5, 0.6) is 11.5 Å². The predicted octanol–water partition coefficient (Wildman–Crippen LogP) is 2.11. The summed E-state index contributed by atoms with van der Waals surface area (Å²) in [5.41, 5.74) is 0.105. The highest BCUT2D eigenvalue weighted by Gasteiger charge is 2.18.